The van der Waals surface area contributed by atoms with E-state index in [1.165, 1.54) is 12.5 Å². The summed E-state index contributed by atoms with van der Waals surface area (Å²) in [5, 5.41) is 12.4. The Hall–Kier alpha value is -2.61. The number of rotatable bonds is 9. The van der Waals surface area contributed by atoms with Crippen molar-refractivity contribution < 1.29 is 19.4 Å². The lowest BCUT2D eigenvalue weighted by atomic mass is 10.1. The van der Waals surface area contributed by atoms with Crippen LogP contribution >= 0.6 is 0 Å². The second kappa shape index (κ2) is 11.1. The number of benzene rings is 2. The molecule has 2 aromatic rings. The molecule has 0 saturated carbocycles. The Bertz CT molecular complexity index is 834. The zero-order chi connectivity index (χ0) is 22.2. The molecule has 1 heterocycles. The van der Waals surface area contributed by atoms with E-state index >= 15 is 0 Å². The van der Waals surface area contributed by atoms with Crippen molar-refractivity contribution in [3.63, 3.8) is 0 Å². The normalized spacial score (nSPS) is 17.4. The molecule has 1 aliphatic heterocycles. The fraction of sp³-hybridized carbons (Fsp3) is 0.458. The number of nitrogens with zero attached hydrogens (tertiary/aromatic N) is 2. The Morgan fingerprint density at radius 3 is 2.29 bits per heavy atom. The standard InChI is InChI=1S/C24H33N3O4/c1-18(29)25-21-6-4-19(5-7-21)15-26-9-10-27(22(17-26)8-11-28)16-20-12-23(30-2)14-24(13-20)31-3/h4-7,12-14,22,28H,8-11,15-17H2,1-3H3,(H,25,29). The molecule has 31 heavy (non-hydrogen) atoms. The van der Waals surface area contributed by atoms with Gasteiger partial charge in [-0.3, -0.25) is 14.6 Å². The van der Waals surface area contributed by atoms with Gasteiger partial charge >= 0.3 is 0 Å². The largest absolute Gasteiger partial charge is 0.497 e. The van der Waals surface area contributed by atoms with Crippen LogP contribution in [0.4, 0.5) is 5.69 Å². The van der Waals surface area contributed by atoms with Crippen molar-refractivity contribution in [2.24, 2.45) is 0 Å². The first-order valence-electron chi connectivity index (χ1n) is 10.7. The lowest BCUT2D eigenvalue weighted by Crippen LogP contribution is -2.52. The van der Waals surface area contributed by atoms with E-state index in [0.717, 1.165) is 61.9 Å². The van der Waals surface area contributed by atoms with Crippen LogP contribution in [0.15, 0.2) is 42.5 Å². The van der Waals surface area contributed by atoms with Crippen LogP contribution < -0.4 is 14.8 Å². The van der Waals surface area contributed by atoms with E-state index in [1.807, 2.05) is 30.3 Å². The maximum absolute atomic E-state index is 11.2. The van der Waals surface area contributed by atoms with E-state index in [0.29, 0.717) is 0 Å². The van der Waals surface area contributed by atoms with E-state index in [1.54, 1.807) is 14.2 Å². The highest BCUT2D eigenvalue weighted by Crippen LogP contribution is 2.25. The van der Waals surface area contributed by atoms with Crippen molar-refractivity contribution >= 4 is 11.6 Å². The first kappa shape index (κ1) is 23.1. The SMILES string of the molecule is COc1cc(CN2CCN(Cc3ccc(NC(C)=O)cc3)CC2CCO)cc(OC)c1. The molecule has 1 atom stereocenters. The van der Waals surface area contributed by atoms with E-state index in [-0.39, 0.29) is 18.6 Å². The summed E-state index contributed by atoms with van der Waals surface area (Å²) in [6, 6.07) is 14.2. The fourth-order valence-electron chi connectivity index (χ4n) is 4.08. The van der Waals surface area contributed by atoms with Crippen LogP contribution in [0.3, 0.4) is 0 Å². The molecule has 2 N–H and O–H groups in total. The van der Waals surface area contributed by atoms with Crippen molar-refractivity contribution in [2.75, 3.05) is 45.8 Å². The van der Waals surface area contributed by atoms with Crippen LogP contribution in [0.2, 0.25) is 0 Å². The molecule has 1 saturated heterocycles. The van der Waals surface area contributed by atoms with Crippen LogP contribution in [-0.2, 0) is 17.9 Å². The van der Waals surface area contributed by atoms with Crippen molar-refractivity contribution in [3.8, 4) is 11.5 Å². The maximum atomic E-state index is 11.2. The third-order valence-corrected chi connectivity index (χ3v) is 5.63. The van der Waals surface area contributed by atoms with Crippen LogP contribution in [0.25, 0.3) is 0 Å². The van der Waals surface area contributed by atoms with Crippen LogP contribution in [0.5, 0.6) is 11.5 Å². The molecule has 3 rings (SSSR count). The number of hydrogen-bond acceptors (Lipinski definition) is 6. The number of carbonyl (C=O) groups is 1. The van der Waals surface area contributed by atoms with Gasteiger partial charge in [0.1, 0.15) is 11.5 Å². The monoisotopic (exact) mass is 427 g/mol. The van der Waals surface area contributed by atoms with Crippen molar-refractivity contribution in [3.05, 3.63) is 53.6 Å². The summed E-state index contributed by atoms with van der Waals surface area (Å²) in [5.74, 6) is 1.51. The number of carbonyl (C=O) groups excluding carboxylic acids is 1. The Kier molecular flexibility index (Phi) is 8.28. The van der Waals surface area contributed by atoms with Crippen LogP contribution in [-0.4, -0.2) is 67.3 Å². The Balaban J connectivity index is 1.63. The van der Waals surface area contributed by atoms with Gasteiger partial charge in [-0.2, -0.15) is 0 Å². The quantitative estimate of drug-likeness (QED) is 0.641. The minimum Gasteiger partial charge on any atom is -0.497 e. The minimum atomic E-state index is -0.0654. The highest BCUT2D eigenvalue weighted by atomic mass is 16.5. The van der Waals surface area contributed by atoms with Crippen LogP contribution in [0, 0.1) is 0 Å². The Morgan fingerprint density at radius 1 is 1.03 bits per heavy atom. The number of methoxy groups -OCH3 is 2. The van der Waals surface area contributed by atoms with Gasteiger partial charge in [0.05, 0.1) is 14.2 Å². The topological polar surface area (TPSA) is 74.3 Å². The first-order valence-corrected chi connectivity index (χ1v) is 10.7. The predicted octanol–water partition coefficient (Wildman–Crippen LogP) is 2.73. The fourth-order valence-corrected chi connectivity index (χ4v) is 4.08. The molecule has 1 aliphatic rings. The van der Waals surface area contributed by atoms with Gasteiger partial charge in [0.2, 0.25) is 5.91 Å². The lowest BCUT2D eigenvalue weighted by molar-refractivity contribution is -0.114. The van der Waals surface area contributed by atoms with Gasteiger partial charge in [-0.15, -0.1) is 0 Å². The lowest BCUT2D eigenvalue weighted by Gasteiger charge is -2.41. The third-order valence-electron chi connectivity index (χ3n) is 5.63. The zero-order valence-electron chi connectivity index (χ0n) is 18.6. The number of aliphatic hydroxyl groups is 1. The molecule has 0 aliphatic carbocycles. The number of aliphatic hydroxyl groups excluding tert-OH is 1. The molecule has 1 unspecified atom stereocenters. The molecular weight excluding hydrogens is 394 g/mol. The van der Waals surface area contributed by atoms with E-state index in [2.05, 4.69) is 27.2 Å². The maximum Gasteiger partial charge on any atom is 0.221 e. The molecule has 0 radical (unpaired) electrons. The van der Waals surface area contributed by atoms with Gasteiger partial charge in [0.15, 0.2) is 0 Å². The van der Waals surface area contributed by atoms with E-state index < -0.39 is 0 Å². The van der Waals surface area contributed by atoms with Gasteiger partial charge in [-0.25, -0.2) is 0 Å². The van der Waals surface area contributed by atoms with Crippen molar-refractivity contribution in [2.45, 2.75) is 32.5 Å². The van der Waals surface area contributed by atoms with Gasteiger partial charge < -0.3 is 19.9 Å². The molecule has 1 fully saturated rings. The Morgan fingerprint density at radius 2 is 1.71 bits per heavy atom. The van der Waals surface area contributed by atoms with Crippen molar-refractivity contribution in [1.29, 1.82) is 0 Å². The summed E-state index contributed by atoms with van der Waals surface area (Å²) in [6.07, 6.45) is 0.735. The second-order valence-corrected chi connectivity index (χ2v) is 7.97. The number of nitrogens with one attached hydrogen (secondary N) is 1. The van der Waals surface area contributed by atoms with Crippen molar-refractivity contribution in [1.82, 2.24) is 9.80 Å². The van der Waals surface area contributed by atoms with E-state index in [4.69, 9.17) is 9.47 Å². The van der Waals surface area contributed by atoms with Crippen LogP contribution in [0.1, 0.15) is 24.5 Å². The predicted molar refractivity (Wildman–Crippen MR) is 121 cm³/mol. The van der Waals surface area contributed by atoms with Gasteiger partial charge in [0.25, 0.3) is 0 Å². The minimum absolute atomic E-state index is 0.0654. The zero-order valence-corrected chi connectivity index (χ0v) is 18.6. The molecule has 1 amide bonds. The smallest absolute Gasteiger partial charge is 0.221 e. The summed E-state index contributed by atoms with van der Waals surface area (Å²) in [6.45, 7) is 6.10. The molecule has 0 aromatic heterocycles. The highest BCUT2D eigenvalue weighted by Gasteiger charge is 2.27. The first-order chi connectivity index (χ1) is 15.0. The van der Waals surface area contributed by atoms with Gasteiger partial charge in [-0.1, -0.05) is 12.1 Å². The molecule has 0 bridgehead atoms. The molecule has 7 nitrogen and oxygen atoms in total. The average molecular weight is 428 g/mol. The Labute approximate surface area is 184 Å². The summed E-state index contributed by atoms with van der Waals surface area (Å²) in [4.78, 5) is 16.0. The number of hydrogen-bond donors (Lipinski definition) is 2. The highest BCUT2D eigenvalue weighted by molar-refractivity contribution is 5.88. The second-order valence-electron chi connectivity index (χ2n) is 7.97. The third kappa shape index (κ3) is 6.69. The number of amides is 1. The van der Waals surface area contributed by atoms with Gasteiger partial charge in [-0.05, 0) is 41.8 Å². The summed E-state index contributed by atoms with van der Waals surface area (Å²) in [7, 11) is 3.32. The summed E-state index contributed by atoms with van der Waals surface area (Å²) >= 11 is 0. The molecule has 168 valence electrons. The summed E-state index contributed by atoms with van der Waals surface area (Å²) < 4.78 is 10.8. The molecular formula is C24H33N3O4. The van der Waals surface area contributed by atoms with E-state index in [9.17, 15) is 9.90 Å². The molecule has 7 heteroatoms. The summed E-state index contributed by atoms with van der Waals surface area (Å²) in [5.41, 5.74) is 3.16. The number of anilines is 1. The number of ether oxygens (including phenoxy) is 2. The molecule has 2 aromatic carbocycles. The molecule has 0 spiro atoms. The average Bonchev–Trinajstić information content (AvgIpc) is 2.76. The van der Waals surface area contributed by atoms with Gasteiger partial charge in [0, 0.05) is 64.0 Å². The number of piperazine rings is 1.